The van der Waals surface area contributed by atoms with Crippen LogP contribution in [0, 0.1) is 11.3 Å². The zero-order chi connectivity index (χ0) is 12.3. The minimum Gasteiger partial charge on any atom is -0.382 e. The van der Waals surface area contributed by atoms with E-state index in [4.69, 9.17) is 11.0 Å². The van der Waals surface area contributed by atoms with E-state index in [1.807, 2.05) is 25.1 Å². The van der Waals surface area contributed by atoms with Crippen molar-refractivity contribution in [3.05, 3.63) is 23.8 Å². The summed E-state index contributed by atoms with van der Waals surface area (Å²) in [5, 5.41) is 12.3. The molecule has 4 heteroatoms. The molecule has 3 N–H and O–H groups in total. The molecule has 0 radical (unpaired) electrons. The summed E-state index contributed by atoms with van der Waals surface area (Å²) >= 11 is 0. The number of fused-ring (bicyclic) bond motifs is 1. The topological polar surface area (TPSA) is 65.1 Å². The molecular formula is C13H18N4. The smallest absolute Gasteiger partial charge is 0.0992 e. The summed E-state index contributed by atoms with van der Waals surface area (Å²) in [5.41, 5.74) is 8.73. The van der Waals surface area contributed by atoms with E-state index in [0.717, 1.165) is 37.4 Å². The first-order valence-electron chi connectivity index (χ1n) is 5.99. The molecule has 1 heterocycles. The Morgan fingerprint density at radius 2 is 2.41 bits per heavy atom. The van der Waals surface area contributed by atoms with Crippen molar-refractivity contribution in [1.82, 2.24) is 0 Å². The molecule has 1 aliphatic heterocycles. The Morgan fingerprint density at radius 1 is 1.59 bits per heavy atom. The van der Waals surface area contributed by atoms with Crippen LogP contribution in [0.15, 0.2) is 18.2 Å². The van der Waals surface area contributed by atoms with Crippen molar-refractivity contribution in [2.75, 3.05) is 29.9 Å². The third-order valence-electron chi connectivity index (χ3n) is 3.02. The van der Waals surface area contributed by atoms with Crippen LogP contribution in [0.3, 0.4) is 0 Å². The van der Waals surface area contributed by atoms with Crippen molar-refractivity contribution < 1.29 is 0 Å². The van der Waals surface area contributed by atoms with E-state index in [-0.39, 0.29) is 6.04 Å². The number of hydrogen-bond donors (Lipinski definition) is 2. The Labute approximate surface area is 102 Å². The number of nitriles is 1. The molecule has 0 bridgehead atoms. The van der Waals surface area contributed by atoms with Crippen LogP contribution in [0.25, 0.3) is 0 Å². The maximum Gasteiger partial charge on any atom is 0.0992 e. The quantitative estimate of drug-likeness (QED) is 0.826. The van der Waals surface area contributed by atoms with Gasteiger partial charge in [-0.15, -0.1) is 0 Å². The summed E-state index contributed by atoms with van der Waals surface area (Å²) in [6.07, 6.45) is 0.968. The highest BCUT2D eigenvalue weighted by Crippen LogP contribution is 2.29. The van der Waals surface area contributed by atoms with Crippen LogP contribution in [0.1, 0.15) is 18.9 Å². The van der Waals surface area contributed by atoms with E-state index in [2.05, 4.69) is 16.3 Å². The lowest BCUT2D eigenvalue weighted by Crippen LogP contribution is -2.36. The van der Waals surface area contributed by atoms with E-state index < -0.39 is 0 Å². The van der Waals surface area contributed by atoms with E-state index in [1.165, 1.54) is 0 Å². The first-order chi connectivity index (χ1) is 8.20. The Balaban J connectivity index is 2.20. The van der Waals surface area contributed by atoms with E-state index in [9.17, 15) is 0 Å². The van der Waals surface area contributed by atoms with Crippen LogP contribution in [-0.2, 0) is 0 Å². The Kier molecular flexibility index (Phi) is 3.50. The SMILES string of the molecule is CC(N)CCN1CCNc2ccc(C#N)cc21. The highest BCUT2D eigenvalue weighted by Gasteiger charge is 2.16. The molecule has 4 nitrogen and oxygen atoms in total. The molecule has 1 aliphatic rings. The Bertz CT molecular complexity index is 434. The highest BCUT2D eigenvalue weighted by molar-refractivity contribution is 5.73. The highest BCUT2D eigenvalue weighted by atomic mass is 15.2. The second kappa shape index (κ2) is 5.07. The number of rotatable bonds is 3. The van der Waals surface area contributed by atoms with Gasteiger partial charge in [0.1, 0.15) is 0 Å². The summed E-state index contributed by atoms with van der Waals surface area (Å²) in [5.74, 6) is 0. The summed E-state index contributed by atoms with van der Waals surface area (Å²) in [4.78, 5) is 2.30. The van der Waals surface area contributed by atoms with Crippen LogP contribution in [0.5, 0.6) is 0 Å². The first-order valence-corrected chi connectivity index (χ1v) is 5.99. The van der Waals surface area contributed by atoms with Gasteiger partial charge >= 0.3 is 0 Å². The molecule has 0 aromatic heterocycles. The molecule has 1 aromatic carbocycles. The number of nitrogens with one attached hydrogen (secondary N) is 1. The summed E-state index contributed by atoms with van der Waals surface area (Å²) < 4.78 is 0. The zero-order valence-corrected chi connectivity index (χ0v) is 10.1. The largest absolute Gasteiger partial charge is 0.382 e. The molecule has 0 saturated heterocycles. The summed E-state index contributed by atoms with van der Waals surface area (Å²) in [6.45, 7) is 4.88. The minimum atomic E-state index is 0.215. The molecule has 90 valence electrons. The van der Waals surface area contributed by atoms with Gasteiger partial charge in [-0.1, -0.05) is 0 Å². The van der Waals surface area contributed by atoms with Crippen LogP contribution < -0.4 is 16.0 Å². The van der Waals surface area contributed by atoms with Gasteiger partial charge in [0.25, 0.3) is 0 Å². The molecule has 1 atom stereocenters. The molecular weight excluding hydrogens is 212 g/mol. The molecule has 2 rings (SSSR count). The molecule has 0 fully saturated rings. The summed E-state index contributed by atoms with van der Waals surface area (Å²) in [7, 11) is 0. The fourth-order valence-electron chi connectivity index (χ4n) is 2.05. The van der Waals surface area contributed by atoms with E-state index in [0.29, 0.717) is 5.56 Å². The summed E-state index contributed by atoms with van der Waals surface area (Å²) in [6, 6.07) is 8.17. The molecule has 0 amide bonds. The van der Waals surface area contributed by atoms with Gasteiger partial charge in [0.15, 0.2) is 0 Å². The third kappa shape index (κ3) is 2.69. The predicted molar refractivity (Wildman–Crippen MR) is 70.1 cm³/mol. The lowest BCUT2D eigenvalue weighted by molar-refractivity contribution is 0.637. The van der Waals surface area contributed by atoms with Crippen molar-refractivity contribution in [3.8, 4) is 6.07 Å². The lowest BCUT2D eigenvalue weighted by Gasteiger charge is -2.32. The number of benzene rings is 1. The second-order valence-electron chi connectivity index (χ2n) is 4.52. The van der Waals surface area contributed by atoms with Crippen molar-refractivity contribution in [2.45, 2.75) is 19.4 Å². The van der Waals surface area contributed by atoms with Crippen molar-refractivity contribution in [3.63, 3.8) is 0 Å². The number of nitrogens with two attached hydrogens (primary N) is 1. The monoisotopic (exact) mass is 230 g/mol. The van der Waals surface area contributed by atoms with Gasteiger partial charge < -0.3 is 16.0 Å². The molecule has 1 aromatic rings. The lowest BCUT2D eigenvalue weighted by atomic mass is 10.1. The van der Waals surface area contributed by atoms with Gasteiger partial charge in [-0.05, 0) is 31.5 Å². The molecule has 0 spiro atoms. The van der Waals surface area contributed by atoms with E-state index in [1.54, 1.807) is 0 Å². The normalized spacial score (nSPS) is 15.7. The Hall–Kier alpha value is -1.73. The maximum atomic E-state index is 8.93. The van der Waals surface area contributed by atoms with Crippen molar-refractivity contribution in [2.24, 2.45) is 5.73 Å². The average Bonchev–Trinajstić information content (AvgIpc) is 2.35. The van der Waals surface area contributed by atoms with Crippen molar-refractivity contribution >= 4 is 11.4 Å². The number of hydrogen-bond acceptors (Lipinski definition) is 4. The van der Waals surface area contributed by atoms with Crippen LogP contribution in [0.2, 0.25) is 0 Å². The second-order valence-corrected chi connectivity index (χ2v) is 4.52. The molecule has 0 aliphatic carbocycles. The van der Waals surface area contributed by atoms with Crippen LogP contribution >= 0.6 is 0 Å². The van der Waals surface area contributed by atoms with Crippen LogP contribution in [-0.4, -0.2) is 25.7 Å². The average molecular weight is 230 g/mol. The van der Waals surface area contributed by atoms with Gasteiger partial charge in [0, 0.05) is 25.7 Å². The van der Waals surface area contributed by atoms with Gasteiger partial charge in [-0.2, -0.15) is 5.26 Å². The molecule has 0 saturated carbocycles. The van der Waals surface area contributed by atoms with Crippen molar-refractivity contribution in [1.29, 1.82) is 5.26 Å². The van der Waals surface area contributed by atoms with Crippen LogP contribution in [0.4, 0.5) is 11.4 Å². The number of nitrogens with zero attached hydrogens (tertiary/aromatic N) is 2. The molecule has 1 unspecified atom stereocenters. The Morgan fingerprint density at radius 3 is 3.12 bits per heavy atom. The number of anilines is 2. The van der Waals surface area contributed by atoms with Gasteiger partial charge in [0.05, 0.1) is 23.0 Å². The third-order valence-corrected chi connectivity index (χ3v) is 3.02. The standard InChI is InChI=1S/C13H18N4/c1-10(15)4-6-17-7-5-16-12-3-2-11(9-14)8-13(12)17/h2-3,8,10,16H,4-7,15H2,1H3. The van der Waals surface area contributed by atoms with E-state index >= 15 is 0 Å². The first kappa shape index (κ1) is 11.7. The fourth-order valence-corrected chi connectivity index (χ4v) is 2.05. The maximum absolute atomic E-state index is 8.93. The zero-order valence-electron chi connectivity index (χ0n) is 10.1. The van der Waals surface area contributed by atoms with Gasteiger partial charge in [0.2, 0.25) is 0 Å². The minimum absolute atomic E-state index is 0.215. The van der Waals surface area contributed by atoms with Gasteiger partial charge in [-0.3, -0.25) is 0 Å². The predicted octanol–water partition coefficient (Wildman–Crippen LogP) is 1.53. The fraction of sp³-hybridized carbons (Fsp3) is 0.462. The molecule has 17 heavy (non-hydrogen) atoms. The van der Waals surface area contributed by atoms with Gasteiger partial charge in [-0.25, -0.2) is 0 Å².